The van der Waals surface area contributed by atoms with Gasteiger partial charge in [0.2, 0.25) is 0 Å². The topological polar surface area (TPSA) is 26.3 Å². The SMILES string of the molecule is O=C1CC=CCCCCCO1. The van der Waals surface area contributed by atoms with Crippen LogP contribution in [0.4, 0.5) is 0 Å². The Bertz CT molecular complexity index is 150. The van der Waals surface area contributed by atoms with Gasteiger partial charge in [0.05, 0.1) is 13.0 Å². The van der Waals surface area contributed by atoms with Gasteiger partial charge in [-0.2, -0.15) is 0 Å². The molecule has 0 aromatic carbocycles. The van der Waals surface area contributed by atoms with Gasteiger partial charge in [0.1, 0.15) is 0 Å². The van der Waals surface area contributed by atoms with Gasteiger partial charge in [-0.25, -0.2) is 0 Å². The monoisotopic (exact) mass is 154 g/mol. The summed E-state index contributed by atoms with van der Waals surface area (Å²) in [5, 5.41) is 0. The normalized spacial score (nSPS) is 20.9. The van der Waals surface area contributed by atoms with E-state index in [0.29, 0.717) is 13.0 Å². The Morgan fingerprint density at radius 2 is 2.09 bits per heavy atom. The summed E-state index contributed by atoms with van der Waals surface area (Å²) in [5.74, 6) is -0.0943. The number of rotatable bonds is 0. The van der Waals surface area contributed by atoms with Crippen LogP contribution < -0.4 is 0 Å². The predicted octanol–water partition coefficient (Wildman–Crippen LogP) is 2.05. The smallest absolute Gasteiger partial charge is 0.309 e. The number of cyclic esters (lactones) is 1. The first-order valence-electron chi connectivity index (χ1n) is 4.20. The zero-order valence-corrected chi connectivity index (χ0v) is 6.71. The van der Waals surface area contributed by atoms with Crippen LogP contribution in [0.3, 0.4) is 0 Å². The van der Waals surface area contributed by atoms with Gasteiger partial charge in [0, 0.05) is 0 Å². The molecule has 0 saturated heterocycles. The molecule has 11 heavy (non-hydrogen) atoms. The van der Waals surface area contributed by atoms with E-state index in [1.165, 1.54) is 6.42 Å². The van der Waals surface area contributed by atoms with E-state index in [0.717, 1.165) is 19.3 Å². The van der Waals surface area contributed by atoms with Gasteiger partial charge in [-0.05, 0) is 25.7 Å². The molecule has 0 saturated carbocycles. The molecule has 0 N–H and O–H groups in total. The molecule has 1 rings (SSSR count). The summed E-state index contributed by atoms with van der Waals surface area (Å²) in [6.45, 7) is 0.604. The second-order valence-corrected chi connectivity index (χ2v) is 2.75. The number of allylic oxidation sites excluding steroid dienone is 1. The Labute approximate surface area is 67.2 Å². The van der Waals surface area contributed by atoms with Crippen LogP contribution in [0, 0.1) is 0 Å². The van der Waals surface area contributed by atoms with Crippen LogP contribution in [0.5, 0.6) is 0 Å². The average molecular weight is 154 g/mol. The molecule has 1 aliphatic heterocycles. The molecule has 62 valence electrons. The van der Waals surface area contributed by atoms with E-state index < -0.39 is 0 Å². The van der Waals surface area contributed by atoms with Crippen molar-refractivity contribution in [1.29, 1.82) is 0 Å². The van der Waals surface area contributed by atoms with Crippen molar-refractivity contribution < 1.29 is 9.53 Å². The van der Waals surface area contributed by atoms with Crippen molar-refractivity contribution in [2.75, 3.05) is 6.61 Å². The lowest BCUT2D eigenvalue weighted by molar-refractivity contribution is -0.142. The van der Waals surface area contributed by atoms with Crippen molar-refractivity contribution in [3.63, 3.8) is 0 Å². The zero-order valence-electron chi connectivity index (χ0n) is 6.71. The molecule has 2 nitrogen and oxygen atoms in total. The van der Waals surface area contributed by atoms with Gasteiger partial charge in [-0.3, -0.25) is 4.79 Å². The molecule has 0 aromatic heterocycles. The summed E-state index contributed by atoms with van der Waals surface area (Å²) < 4.78 is 4.93. The molecule has 0 unspecified atom stereocenters. The van der Waals surface area contributed by atoms with E-state index in [2.05, 4.69) is 6.08 Å². The average Bonchev–Trinajstić information content (AvgIpc) is 2.03. The van der Waals surface area contributed by atoms with E-state index in [1.807, 2.05) is 6.08 Å². The maximum absolute atomic E-state index is 10.8. The maximum atomic E-state index is 10.8. The Balaban J connectivity index is 2.30. The highest BCUT2D eigenvalue weighted by molar-refractivity contribution is 5.71. The number of esters is 1. The van der Waals surface area contributed by atoms with Gasteiger partial charge in [-0.1, -0.05) is 12.2 Å². The fraction of sp³-hybridized carbons (Fsp3) is 0.667. The molecule has 0 fully saturated rings. The predicted molar refractivity (Wildman–Crippen MR) is 43.2 cm³/mol. The first kappa shape index (κ1) is 8.31. The molecule has 1 aliphatic rings. The van der Waals surface area contributed by atoms with Crippen LogP contribution in [0.25, 0.3) is 0 Å². The summed E-state index contributed by atoms with van der Waals surface area (Å²) in [5.41, 5.74) is 0. The largest absolute Gasteiger partial charge is 0.465 e. The highest BCUT2D eigenvalue weighted by Gasteiger charge is 2.00. The lowest BCUT2D eigenvalue weighted by atomic mass is 10.2. The minimum absolute atomic E-state index is 0.0943. The van der Waals surface area contributed by atoms with Crippen molar-refractivity contribution in [3.05, 3.63) is 12.2 Å². The van der Waals surface area contributed by atoms with E-state index >= 15 is 0 Å². The van der Waals surface area contributed by atoms with E-state index in [4.69, 9.17) is 4.74 Å². The van der Waals surface area contributed by atoms with E-state index in [-0.39, 0.29) is 5.97 Å². The fourth-order valence-corrected chi connectivity index (χ4v) is 1.08. The first-order chi connectivity index (χ1) is 5.39. The number of carbonyl (C=O) groups is 1. The number of hydrogen-bond donors (Lipinski definition) is 0. The molecule has 0 bridgehead atoms. The lowest BCUT2D eigenvalue weighted by Crippen LogP contribution is -2.04. The van der Waals surface area contributed by atoms with Gasteiger partial charge < -0.3 is 4.74 Å². The summed E-state index contributed by atoms with van der Waals surface area (Å²) >= 11 is 0. The zero-order chi connectivity index (χ0) is 7.94. The highest BCUT2D eigenvalue weighted by Crippen LogP contribution is 2.04. The second kappa shape index (κ2) is 4.94. The van der Waals surface area contributed by atoms with Gasteiger partial charge in [-0.15, -0.1) is 0 Å². The molecule has 0 amide bonds. The summed E-state index contributed by atoms with van der Waals surface area (Å²) in [4.78, 5) is 10.8. The third-order valence-electron chi connectivity index (χ3n) is 1.73. The molecule has 0 aromatic rings. The van der Waals surface area contributed by atoms with E-state index in [1.54, 1.807) is 0 Å². The number of hydrogen-bond acceptors (Lipinski definition) is 2. The molecule has 1 heterocycles. The van der Waals surface area contributed by atoms with Crippen LogP contribution >= 0.6 is 0 Å². The van der Waals surface area contributed by atoms with Crippen molar-refractivity contribution in [3.8, 4) is 0 Å². The molecular weight excluding hydrogens is 140 g/mol. The van der Waals surface area contributed by atoms with Crippen LogP contribution in [-0.4, -0.2) is 12.6 Å². The Kier molecular flexibility index (Phi) is 3.73. The summed E-state index contributed by atoms with van der Waals surface area (Å²) in [6.07, 6.45) is 8.90. The Morgan fingerprint density at radius 3 is 3.00 bits per heavy atom. The van der Waals surface area contributed by atoms with Gasteiger partial charge in [0.25, 0.3) is 0 Å². The minimum atomic E-state index is -0.0943. The quantitative estimate of drug-likeness (QED) is 0.394. The molecular formula is C9H14O2. The third kappa shape index (κ3) is 3.81. The molecule has 0 atom stereocenters. The van der Waals surface area contributed by atoms with Crippen LogP contribution in [0.15, 0.2) is 12.2 Å². The molecule has 0 aliphatic carbocycles. The minimum Gasteiger partial charge on any atom is -0.465 e. The Morgan fingerprint density at radius 1 is 1.18 bits per heavy atom. The van der Waals surface area contributed by atoms with Crippen molar-refractivity contribution in [2.45, 2.75) is 32.1 Å². The fourth-order valence-electron chi connectivity index (χ4n) is 1.08. The summed E-state index contributed by atoms with van der Waals surface area (Å²) in [6, 6.07) is 0. The molecule has 0 radical (unpaired) electrons. The maximum Gasteiger partial charge on any atom is 0.309 e. The van der Waals surface area contributed by atoms with Crippen LogP contribution in [0.1, 0.15) is 32.1 Å². The number of carbonyl (C=O) groups excluding carboxylic acids is 1. The molecule has 2 heteroatoms. The lowest BCUT2D eigenvalue weighted by Gasteiger charge is -2.04. The standard InChI is InChI=1S/C9H14O2/c10-9-7-5-3-1-2-4-6-8-11-9/h3,5H,1-2,4,6-8H2. The summed E-state index contributed by atoms with van der Waals surface area (Å²) in [7, 11) is 0. The van der Waals surface area contributed by atoms with Crippen molar-refractivity contribution >= 4 is 5.97 Å². The molecule has 0 spiro atoms. The van der Waals surface area contributed by atoms with Gasteiger partial charge in [0.15, 0.2) is 0 Å². The van der Waals surface area contributed by atoms with Crippen LogP contribution in [0.2, 0.25) is 0 Å². The van der Waals surface area contributed by atoms with Gasteiger partial charge >= 0.3 is 5.97 Å². The Hall–Kier alpha value is -0.790. The number of ether oxygens (including phenoxy) is 1. The van der Waals surface area contributed by atoms with E-state index in [9.17, 15) is 4.79 Å². The second-order valence-electron chi connectivity index (χ2n) is 2.75. The van der Waals surface area contributed by atoms with Crippen molar-refractivity contribution in [2.24, 2.45) is 0 Å². The third-order valence-corrected chi connectivity index (χ3v) is 1.73. The van der Waals surface area contributed by atoms with Crippen molar-refractivity contribution in [1.82, 2.24) is 0 Å². The first-order valence-corrected chi connectivity index (χ1v) is 4.20. The highest BCUT2D eigenvalue weighted by atomic mass is 16.5. The van der Waals surface area contributed by atoms with Crippen LogP contribution in [-0.2, 0) is 9.53 Å².